The third-order valence-corrected chi connectivity index (χ3v) is 4.01. The van der Waals surface area contributed by atoms with Gasteiger partial charge in [0.25, 0.3) is 0 Å². The van der Waals surface area contributed by atoms with Gasteiger partial charge in [0, 0.05) is 13.1 Å². The fourth-order valence-corrected chi connectivity index (χ4v) is 2.91. The summed E-state index contributed by atoms with van der Waals surface area (Å²) in [5, 5.41) is 10.8. The lowest BCUT2D eigenvalue weighted by molar-refractivity contribution is -0.136. The number of hydrazine groups is 1. The second-order valence-electron chi connectivity index (χ2n) is 6.27. The number of hydrogen-bond acceptors (Lipinski definition) is 5. The molecule has 2 amide bonds. The Bertz CT molecular complexity index is 460. The molecule has 2 atom stereocenters. The van der Waals surface area contributed by atoms with Crippen LogP contribution in [-0.2, 0) is 9.53 Å². The Kier molecular flexibility index (Phi) is 5.61. The van der Waals surface area contributed by atoms with E-state index in [1.165, 1.54) is 0 Å². The van der Waals surface area contributed by atoms with Gasteiger partial charge in [0.05, 0.1) is 12.7 Å². The van der Waals surface area contributed by atoms with Gasteiger partial charge in [-0.3, -0.25) is 10.2 Å². The number of nitrogens with one attached hydrogen (secondary N) is 1. The number of nitrogens with zero attached hydrogens (tertiary/aromatic N) is 3. The van der Waals surface area contributed by atoms with E-state index in [1.807, 2.05) is 13.8 Å². The molecular formula is C15H24N4O3. The van der Waals surface area contributed by atoms with Crippen molar-refractivity contribution in [2.75, 3.05) is 19.7 Å². The van der Waals surface area contributed by atoms with Gasteiger partial charge in [-0.05, 0) is 31.6 Å². The van der Waals surface area contributed by atoms with Crippen molar-refractivity contribution in [2.45, 2.75) is 51.6 Å². The van der Waals surface area contributed by atoms with Crippen molar-refractivity contribution in [1.29, 1.82) is 5.26 Å². The molecule has 2 fully saturated rings. The molecule has 0 unspecified atom stereocenters. The summed E-state index contributed by atoms with van der Waals surface area (Å²) < 4.78 is 5.09. The standard InChI is InChI=1S/C15H24N4O3/c1-11(2)10-22-15(21)17-19-8-4-6-13(19)14(20)18-7-3-5-12(18)9-16/h11-13H,3-8,10H2,1-2H3,(H,17,21)/t12-,13-/m0/s1. The summed E-state index contributed by atoms with van der Waals surface area (Å²) in [6.07, 6.45) is 2.61. The molecule has 2 aliphatic rings. The Hall–Kier alpha value is -1.81. The van der Waals surface area contributed by atoms with E-state index >= 15 is 0 Å². The number of rotatable bonds is 4. The number of carbonyl (C=O) groups excluding carboxylic acids is 2. The Morgan fingerprint density at radius 2 is 2.05 bits per heavy atom. The maximum atomic E-state index is 12.6. The van der Waals surface area contributed by atoms with Crippen LogP contribution < -0.4 is 5.43 Å². The third kappa shape index (κ3) is 3.89. The fourth-order valence-electron chi connectivity index (χ4n) is 2.91. The molecule has 0 aromatic carbocycles. The highest BCUT2D eigenvalue weighted by molar-refractivity contribution is 5.83. The van der Waals surface area contributed by atoms with Crippen LogP contribution in [0.15, 0.2) is 0 Å². The Morgan fingerprint density at radius 1 is 1.32 bits per heavy atom. The Labute approximate surface area is 131 Å². The number of nitriles is 1. The molecule has 2 saturated heterocycles. The highest BCUT2D eigenvalue weighted by atomic mass is 16.6. The first-order chi connectivity index (χ1) is 10.5. The molecule has 0 saturated carbocycles. The van der Waals surface area contributed by atoms with Crippen LogP contribution in [0, 0.1) is 17.2 Å². The van der Waals surface area contributed by atoms with Crippen molar-refractivity contribution in [3.05, 3.63) is 0 Å². The van der Waals surface area contributed by atoms with Crippen LogP contribution in [0.1, 0.15) is 39.5 Å². The first-order valence-electron chi connectivity index (χ1n) is 7.93. The lowest BCUT2D eigenvalue weighted by Gasteiger charge is -2.29. The normalized spacial score (nSPS) is 25.3. The summed E-state index contributed by atoms with van der Waals surface area (Å²) in [7, 11) is 0. The Balaban J connectivity index is 1.91. The number of likely N-dealkylation sites (tertiary alicyclic amines) is 1. The number of hydrogen-bond donors (Lipinski definition) is 1. The number of ether oxygens (including phenoxy) is 1. The van der Waals surface area contributed by atoms with E-state index in [1.54, 1.807) is 9.91 Å². The molecule has 7 nitrogen and oxygen atoms in total. The zero-order chi connectivity index (χ0) is 16.1. The minimum atomic E-state index is -0.522. The number of carbonyl (C=O) groups is 2. The van der Waals surface area contributed by atoms with E-state index in [9.17, 15) is 9.59 Å². The molecule has 7 heteroatoms. The maximum Gasteiger partial charge on any atom is 0.421 e. The highest BCUT2D eigenvalue weighted by Crippen LogP contribution is 2.23. The molecule has 122 valence electrons. The average Bonchev–Trinajstić information content (AvgIpc) is 3.13. The third-order valence-electron chi connectivity index (χ3n) is 4.01. The van der Waals surface area contributed by atoms with E-state index in [0.717, 1.165) is 19.3 Å². The lowest BCUT2D eigenvalue weighted by atomic mass is 10.2. The van der Waals surface area contributed by atoms with Gasteiger partial charge >= 0.3 is 6.09 Å². The lowest BCUT2D eigenvalue weighted by Crippen LogP contribution is -2.53. The minimum Gasteiger partial charge on any atom is -0.448 e. The van der Waals surface area contributed by atoms with Crippen molar-refractivity contribution in [1.82, 2.24) is 15.3 Å². The van der Waals surface area contributed by atoms with Crippen LogP contribution in [-0.4, -0.2) is 53.7 Å². The molecule has 0 bridgehead atoms. The van der Waals surface area contributed by atoms with Gasteiger partial charge in [-0.1, -0.05) is 13.8 Å². The molecular weight excluding hydrogens is 284 g/mol. The van der Waals surface area contributed by atoms with Gasteiger partial charge in [0.2, 0.25) is 5.91 Å². The summed E-state index contributed by atoms with van der Waals surface area (Å²) in [5.74, 6) is 0.202. The molecule has 2 heterocycles. The molecule has 0 spiro atoms. The monoisotopic (exact) mass is 308 g/mol. The highest BCUT2D eigenvalue weighted by Gasteiger charge is 2.39. The fraction of sp³-hybridized carbons (Fsp3) is 0.800. The zero-order valence-corrected chi connectivity index (χ0v) is 13.2. The Morgan fingerprint density at radius 3 is 2.73 bits per heavy atom. The van der Waals surface area contributed by atoms with E-state index in [-0.39, 0.29) is 23.9 Å². The predicted octanol–water partition coefficient (Wildman–Crippen LogP) is 1.26. The summed E-state index contributed by atoms with van der Waals surface area (Å²) >= 11 is 0. The van der Waals surface area contributed by atoms with Gasteiger partial charge in [-0.2, -0.15) is 5.26 Å². The first-order valence-corrected chi connectivity index (χ1v) is 7.93. The van der Waals surface area contributed by atoms with Crippen LogP contribution in [0.2, 0.25) is 0 Å². The molecule has 0 radical (unpaired) electrons. The van der Waals surface area contributed by atoms with Crippen molar-refractivity contribution >= 4 is 12.0 Å². The summed E-state index contributed by atoms with van der Waals surface area (Å²) in [6.45, 7) is 5.52. The van der Waals surface area contributed by atoms with Crippen molar-refractivity contribution in [3.63, 3.8) is 0 Å². The molecule has 0 aromatic heterocycles. The van der Waals surface area contributed by atoms with E-state index in [2.05, 4.69) is 11.5 Å². The first kappa shape index (κ1) is 16.6. The second-order valence-corrected chi connectivity index (χ2v) is 6.27. The molecule has 1 N–H and O–H groups in total. The van der Waals surface area contributed by atoms with Gasteiger partial charge in [-0.15, -0.1) is 0 Å². The molecule has 0 aromatic rings. The van der Waals surface area contributed by atoms with E-state index in [4.69, 9.17) is 10.00 Å². The zero-order valence-electron chi connectivity index (χ0n) is 13.2. The SMILES string of the molecule is CC(C)COC(=O)NN1CCC[C@H]1C(=O)N1CCC[C@H]1C#N. The van der Waals surface area contributed by atoms with Crippen molar-refractivity contribution in [3.8, 4) is 6.07 Å². The molecule has 0 aliphatic carbocycles. The summed E-state index contributed by atoms with van der Waals surface area (Å²) in [6, 6.07) is 1.46. The summed E-state index contributed by atoms with van der Waals surface area (Å²) in [5.41, 5.74) is 2.66. The maximum absolute atomic E-state index is 12.6. The van der Waals surface area contributed by atoms with Crippen molar-refractivity contribution in [2.24, 2.45) is 5.92 Å². The summed E-state index contributed by atoms with van der Waals surface area (Å²) in [4.78, 5) is 26.0. The van der Waals surface area contributed by atoms with Gasteiger partial charge in [-0.25, -0.2) is 9.80 Å². The quantitative estimate of drug-likeness (QED) is 0.845. The van der Waals surface area contributed by atoms with E-state index < -0.39 is 6.09 Å². The van der Waals surface area contributed by atoms with Crippen LogP contribution in [0.25, 0.3) is 0 Å². The van der Waals surface area contributed by atoms with Gasteiger partial charge in [0.1, 0.15) is 12.1 Å². The topological polar surface area (TPSA) is 85.7 Å². The molecule has 2 rings (SSSR count). The predicted molar refractivity (Wildman–Crippen MR) is 79.4 cm³/mol. The van der Waals surface area contributed by atoms with Crippen molar-refractivity contribution < 1.29 is 14.3 Å². The van der Waals surface area contributed by atoms with Crippen LogP contribution >= 0.6 is 0 Å². The average molecular weight is 308 g/mol. The largest absolute Gasteiger partial charge is 0.448 e. The smallest absolute Gasteiger partial charge is 0.421 e. The number of amides is 2. The van der Waals surface area contributed by atoms with E-state index in [0.29, 0.717) is 26.1 Å². The van der Waals surface area contributed by atoms with Crippen LogP contribution in [0.5, 0.6) is 0 Å². The van der Waals surface area contributed by atoms with Gasteiger partial charge in [0.15, 0.2) is 0 Å². The second kappa shape index (κ2) is 7.45. The minimum absolute atomic E-state index is 0.0642. The van der Waals surface area contributed by atoms with Gasteiger partial charge < -0.3 is 9.64 Å². The molecule has 2 aliphatic heterocycles. The van der Waals surface area contributed by atoms with Crippen LogP contribution in [0.3, 0.4) is 0 Å². The van der Waals surface area contributed by atoms with Crippen LogP contribution in [0.4, 0.5) is 4.79 Å². The molecule has 22 heavy (non-hydrogen) atoms.